The first-order chi connectivity index (χ1) is 34.2. The molecule has 0 aliphatic rings. The van der Waals surface area contributed by atoms with E-state index in [0.717, 1.165) is 50.8 Å². The minimum Gasteiger partial charge on any atom is -0.345 e. The summed E-state index contributed by atoms with van der Waals surface area (Å²) >= 11 is 0. The second kappa shape index (κ2) is 25.3. The van der Waals surface area contributed by atoms with Crippen LogP contribution in [0.4, 0.5) is 0 Å². The fourth-order valence-electron chi connectivity index (χ4n) is 8.02. The minimum atomic E-state index is -3.49. The van der Waals surface area contributed by atoms with Crippen molar-refractivity contribution in [2.75, 3.05) is 11.5 Å². The molecule has 0 saturated heterocycles. The average Bonchev–Trinajstić information content (AvgIpc) is 3.41. The maximum Gasteiger partial charge on any atom is 0.252 e. The zero-order chi connectivity index (χ0) is 51.0. The van der Waals surface area contributed by atoms with Crippen LogP contribution in [0.5, 0.6) is 0 Å². The first kappa shape index (κ1) is 53.5. The molecule has 15 heteroatoms. The van der Waals surface area contributed by atoms with Gasteiger partial charge in [0.1, 0.15) is 0 Å². The minimum absolute atomic E-state index is 0.00849. The second-order valence-corrected chi connectivity index (χ2v) is 21.5. The molecule has 8 aromatic rings. The van der Waals surface area contributed by atoms with Crippen LogP contribution in [-0.2, 0) is 32.2 Å². The molecule has 0 saturated carbocycles. The molecular formula is C56H59ClN6O6S2. The lowest BCUT2D eigenvalue weighted by atomic mass is 9.95. The Bertz CT molecular complexity index is 3280. The lowest BCUT2D eigenvalue weighted by Crippen LogP contribution is -2.31. The predicted molar refractivity (Wildman–Crippen MR) is 288 cm³/mol. The fourth-order valence-corrected chi connectivity index (χ4v) is 8.59. The standard InChI is InChI=1S/C28H29N3O3S.C26H25N3O.C2H5ClO2S/c1-3-24(20-13-7-5-8-14-20)31-28(32)26-22-17-11-12-18-25(22)30-27(21-15-9-6-10-16-21)23(26)19-29-35(33,34)4-2;1-2-22(18-11-5-3-6-12-18)29-26(30)24-20-15-9-10-16-23(20)28-25(21(24)17-27)19-13-7-4-8-14-19;1-2-6(3,4)5/h5-18,24,29H,3-4,19H2,1-2H3,(H,31,32);3-16,22H,2,17,27H2,1H3,(H,29,30);2H2,1H3/t24-;22-;/m00./s1. The van der Waals surface area contributed by atoms with Crippen LogP contribution in [0.3, 0.4) is 0 Å². The van der Waals surface area contributed by atoms with E-state index in [0.29, 0.717) is 39.7 Å². The number of rotatable bonds is 16. The van der Waals surface area contributed by atoms with Crippen molar-refractivity contribution in [1.29, 1.82) is 0 Å². The molecule has 12 nitrogen and oxygen atoms in total. The molecule has 0 fully saturated rings. The van der Waals surface area contributed by atoms with Crippen molar-refractivity contribution < 1.29 is 26.4 Å². The molecule has 2 atom stereocenters. The van der Waals surface area contributed by atoms with Crippen molar-refractivity contribution in [2.24, 2.45) is 5.73 Å². The van der Waals surface area contributed by atoms with E-state index in [1.54, 1.807) is 6.92 Å². The van der Waals surface area contributed by atoms with E-state index >= 15 is 0 Å². The van der Waals surface area contributed by atoms with Gasteiger partial charge in [-0.3, -0.25) is 9.59 Å². The van der Waals surface area contributed by atoms with Gasteiger partial charge >= 0.3 is 0 Å². The third-order valence-electron chi connectivity index (χ3n) is 11.8. The predicted octanol–water partition coefficient (Wildman–Crippen LogP) is 11.0. The van der Waals surface area contributed by atoms with Crippen molar-refractivity contribution in [3.05, 3.63) is 203 Å². The van der Waals surface area contributed by atoms with E-state index < -0.39 is 19.1 Å². The molecule has 0 aliphatic heterocycles. The molecule has 71 heavy (non-hydrogen) atoms. The Hall–Kier alpha value is -6.81. The van der Waals surface area contributed by atoms with Crippen LogP contribution >= 0.6 is 10.7 Å². The number of carbonyl (C=O) groups excluding carboxylic acids is 2. The highest BCUT2D eigenvalue weighted by molar-refractivity contribution is 8.13. The van der Waals surface area contributed by atoms with Gasteiger partial charge in [-0.15, -0.1) is 0 Å². The summed E-state index contributed by atoms with van der Waals surface area (Å²) in [6.07, 6.45) is 1.50. The summed E-state index contributed by atoms with van der Waals surface area (Å²) in [7, 11) is -1.99. The number of halogens is 1. The first-order valence-corrected chi connectivity index (χ1v) is 27.6. The number of amides is 2. The number of fused-ring (bicyclic) bond motifs is 2. The number of nitrogens with two attached hydrogens (primary N) is 1. The van der Waals surface area contributed by atoms with Crippen molar-refractivity contribution in [2.45, 2.75) is 65.7 Å². The number of pyridine rings is 2. The van der Waals surface area contributed by atoms with Crippen molar-refractivity contribution in [1.82, 2.24) is 25.3 Å². The summed E-state index contributed by atoms with van der Waals surface area (Å²) in [6.45, 7) is 7.35. The number of nitrogens with zero attached hydrogens (tertiary/aromatic N) is 2. The number of aromatic nitrogens is 2. The average molecular weight is 1010 g/mol. The van der Waals surface area contributed by atoms with Gasteiger partial charge in [0.15, 0.2) is 0 Å². The van der Waals surface area contributed by atoms with Crippen molar-refractivity contribution in [3.63, 3.8) is 0 Å². The van der Waals surface area contributed by atoms with Gasteiger partial charge in [0.05, 0.1) is 57.1 Å². The highest BCUT2D eigenvalue weighted by Gasteiger charge is 2.26. The monoisotopic (exact) mass is 1010 g/mol. The fraction of sp³-hybridized carbons (Fsp3) is 0.214. The normalized spacial score (nSPS) is 12.1. The molecule has 6 aromatic carbocycles. The van der Waals surface area contributed by atoms with E-state index in [9.17, 15) is 26.4 Å². The Kier molecular flexibility index (Phi) is 19.1. The Morgan fingerprint density at radius 2 is 0.873 bits per heavy atom. The molecule has 0 bridgehead atoms. The first-order valence-electron chi connectivity index (χ1n) is 23.5. The van der Waals surface area contributed by atoms with Gasteiger partial charge in [-0.2, -0.15) is 0 Å². The number of hydrogen-bond donors (Lipinski definition) is 4. The second-order valence-electron chi connectivity index (χ2n) is 16.3. The number of hydrogen-bond acceptors (Lipinski definition) is 9. The van der Waals surface area contributed by atoms with Crippen LogP contribution in [-0.4, -0.2) is 50.1 Å². The quantitative estimate of drug-likeness (QED) is 0.0682. The summed E-state index contributed by atoms with van der Waals surface area (Å²) in [4.78, 5) is 37.2. The number of benzene rings is 6. The zero-order valence-corrected chi connectivity index (χ0v) is 42.6. The molecule has 5 N–H and O–H groups in total. The van der Waals surface area contributed by atoms with Gasteiger partial charge in [-0.1, -0.05) is 178 Å². The molecule has 0 radical (unpaired) electrons. The maximum atomic E-state index is 13.9. The van der Waals surface area contributed by atoms with Crippen LogP contribution in [0.2, 0.25) is 0 Å². The molecular weight excluding hydrogens is 952 g/mol. The molecule has 2 heterocycles. The molecule has 8 rings (SSSR count). The Morgan fingerprint density at radius 1 is 0.521 bits per heavy atom. The van der Waals surface area contributed by atoms with E-state index in [2.05, 4.69) is 33.0 Å². The SMILES string of the molecule is CCS(=O)(=O)Cl.CC[C@H](NC(=O)c1c(CN)c(-c2ccccc2)nc2ccccc12)c1ccccc1.CC[C@H](NC(=O)c1c(CNS(=O)(=O)CC)c(-c2ccccc2)nc2ccccc12)c1ccccc1. The molecule has 0 spiro atoms. The summed E-state index contributed by atoms with van der Waals surface area (Å²) in [6, 6.07) is 54.2. The zero-order valence-electron chi connectivity index (χ0n) is 40.2. The van der Waals surface area contributed by atoms with Crippen molar-refractivity contribution in [3.8, 4) is 22.5 Å². The summed E-state index contributed by atoms with van der Waals surface area (Å²) in [5, 5.41) is 7.90. The van der Waals surface area contributed by atoms with E-state index in [4.69, 9.17) is 15.7 Å². The van der Waals surface area contributed by atoms with Crippen molar-refractivity contribution >= 4 is 63.4 Å². The highest BCUT2D eigenvalue weighted by atomic mass is 35.7. The number of nitrogens with one attached hydrogen (secondary N) is 3. The molecule has 2 aromatic heterocycles. The van der Waals surface area contributed by atoms with Crippen LogP contribution in [0.25, 0.3) is 44.3 Å². The Labute approximate surface area is 421 Å². The topological polar surface area (TPSA) is 190 Å². The van der Waals surface area contributed by atoms with Gasteiger partial charge in [-0.05, 0) is 43.0 Å². The van der Waals surface area contributed by atoms with Gasteiger partial charge in [0, 0.05) is 56.8 Å². The maximum absolute atomic E-state index is 13.9. The Balaban J connectivity index is 0.000000210. The summed E-state index contributed by atoms with van der Waals surface area (Å²) in [5.41, 5.74) is 15.2. The smallest absolute Gasteiger partial charge is 0.252 e. The lowest BCUT2D eigenvalue weighted by Gasteiger charge is -2.21. The Morgan fingerprint density at radius 3 is 1.24 bits per heavy atom. The number of carbonyl (C=O) groups is 2. The van der Waals surface area contributed by atoms with Gasteiger partial charge in [-0.25, -0.2) is 31.5 Å². The summed E-state index contributed by atoms with van der Waals surface area (Å²) in [5.74, 6) is -0.430. The van der Waals surface area contributed by atoms with Crippen LogP contribution < -0.4 is 21.1 Å². The van der Waals surface area contributed by atoms with Crippen LogP contribution in [0, 0.1) is 0 Å². The molecule has 2 amide bonds. The summed E-state index contributed by atoms with van der Waals surface area (Å²) < 4.78 is 46.9. The van der Waals surface area contributed by atoms with Gasteiger partial charge < -0.3 is 16.4 Å². The van der Waals surface area contributed by atoms with E-state index in [1.807, 2.05) is 177 Å². The molecule has 0 aliphatic carbocycles. The van der Waals surface area contributed by atoms with Crippen LogP contribution in [0.15, 0.2) is 170 Å². The highest BCUT2D eigenvalue weighted by Crippen LogP contribution is 2.33. The van der Waals surface area contributed by atoms with Crippen LogP contribution in [0.1, 0.15) is 95.6 Å². The van der Waals surface area contributed by atoms with Gasteiger partial charge in [0.2, 0.25) is 19.1 Å². The van der Waals surface area contributed by atoms with Gasteiger partial charge in [0.25, 0.3) is 11.8 Å². The van der Waals surface area contributed by atoms with E-state index in [1.165, 1.54) is 6.92 Å². The third kappa shape index (κ3) is 14.2. The largest absolute Gasteiger partial charge is 0.345 e. The third-order valence-corrected chi connectivity index (χ3v) is 14.5. The number of para-hydroxylation sites is 2. The molecule has 0 unspecified atom stereocenters. The van der Waals surface area contributed by atoms with E-state index in [-0.39, 0.29) is 48.5 Å². The number of sulfonamides is 1. The lowest BCUT2D eigenvalue weighted by molar-refractivity contribution is 0.0928. The molecule has 368 valence electrons.